The molecule has 2 N–H and O–H groups in total. The van der Waals surface area contributed by atoms with E-state index in [0.29, 0.717) is 5.92 Å². The van der Waals surface area contributed by atoms with E-state index in [4.69, 9.17) is 0 Å². The number of hydrogen-bond acceptors (Lipinski definition) is 4. The summed E-state index contributed by atoms with van der Waals surface area (Å²) in [6.45, 7) is 1.98. The quantitative estimate of drug-likeness (QED) is 0.640. The molecule has 0 saturated heterocycles. The summed E-state index contributed by atoms with van der Waals surface area (Å²) in [4.78, 5) is 34.0. The number of nitro benzene ring substituents is 1. The number of benzene rings is 1. The van der Waals surface area contributed by atoms with Crippen molar-refractivity contribution < 1.29 is 14.5 Å². The fraction of sp³-hybridized carbons (Fsp3) is 0.500. The molecule has 0 bridgehead atoms. The molecule has 1 aliphatic rings. The molecule has 1 saturated carbocycles. The third-order valence-electron chi connectivity index (χ3n) is 4.19. The molecular formula is C16H21N3O4. The van der Waals surface area contributed by atoms with Gasteiger partial charge in [-0.05, 0) is 24.8 Å². The molecule has 1 aliphatic carbocycles. The van der Waals surface area contributed by atoms with Gasteiger partial charge in [0.1, 0.15) is 0 Å². The van der Waals surface area contributed by atoms with Crippen molar-refractivity contribution >= 4 is 17.5 Å². The molecule has 7 nitrogen and oxygen atoms in total. The van der Waals surface area contributed by atoms with Crippen LogP contribution in [-0.2, 0) is 4.79 Å². The van der Waals surface area contributed by atoms with E-state index >= 15 is 0 Å². The van der Waals surface area contributed by atoms with Gasteiger partial charge in [0.15, 0.2) is 0 Å². The second-order valence-electron chi connectivity index (χ2n) is 5.93. The van der Waals surface area contributed by atoms with E-state index in [1.807, 2.05) is 0 Å². The van der Waals surface area contributed by atoms with Crippen LogP contribution in [0.1, 0.15) is 43.0 Å². The summed E-state index contributed by atoms with van der Waals surface area (Å²) in [5, 5.41) is 16.1. The molecule has 0 aliphatic heterocycles. The Morgan fingerprint density at radius 3 is 2.74 bits per heavy atom. The van der Waals surface area contributed by atoms with E-state index < -0.39 is 10.8 Å². The number of nitrogens with one attached hydrogen (secondary N) is 2. The third kappa shape index (κ3) is 4.77. The number of carbonyl (C=O) groups is 2. The minimum absolute atomic E-state index is 0.134. The van der Waals surface area contributed by atoms with Crippen LogP contribution in [0.2, 0.25) is 0 Å². The molecule has 1 aromatic carbocycles. The highest BCUT2D eigenvalue weighted by Crippen LogP contribution is 2.23. The number of amides is 2. The first kappa shape index (κ1) is 16.9. The molecule has 124 valence electrons. The Hall–Kier alpha value is -2.44. The number of carbonyl (C=O) groups excluding carboxylic acids is 2. The van der Waals surface area contributed by atoms with Crippen molar-refractivity contribution in [3.8, 4) is 0 Å². The highest BCUT2D eigenvalue weighted by atomic mass is 16.6. The van der Waals surface area contributed by atoms with Gasteiger partial charge in [-0.25, -0.2) is 0 Å². The number of hydrogen-bond donors (Lipinski definition) is 2. The second-order valence-corrected chi connectivity index (χ2v) is 5.93. The lowest BCUT2D eigenvalue weighted by molar-refractivity contribution is -0.384. The molecule has 1 fully saturated rings. The van der Waals surface area contributed by atoms with Crippen LogP contribution < -0.4 is 10.6 Å². The summed E-state index contributed by atoms with van der Waals surface area (Å²) < 4.78 is 0. The first-order valence-corrected chi connectivity index (χ1v) is 7.79. The van der Waals surface area contributed by atoms with E-state index in [9.17, 15) is 19.7 Å². The molecule has 2 amide bonds. The minimum atomic E-state index is -0.562. The van der Waals surface area contributed by atoms with E-state index in [1.54, 1.807) is 0 Å². The maximum atomic E-state index is 12.0. The number of nitrogens with zero attached hydrogens (tertiary/aromatic N) is 1. The molecule has 7 heteroatoms. The van der Waals surface area contributed by atoms with Crippen LogP contribution in [-0.4, -0.2) is 29.3 Å². The van der Waals surface area contributed by atoms with Gasteiger partial charge in [-0.1, -0.05) is 25.8 Å². The smallest absolute Gasteiger partial charge is 0.270 e. The summed E-state index contributed by atoms with van der Waals surface area (Å²) >= 11 is 0. The average Bonchev–Trinajstić information content (AvgIpc) is 2.55. The maximum absolute atomic E-state index is 12.0. The molecule has 2 rings (SSSR count). The standard InChI is InChI=1S/C16H21N3O4/c1-11-5-2-3-8-14(11)18-15(20)10-17-16(21)12-6-4-7-13(9-12)19(22)23/h4,6-7,9,11,14H,2-3,5,8,10H2,1H3,(H,17,21)(H,18,20)/t11-,14-/m0/s1. The maximum Gasteiger partial charge on any atom is 0.270 e. The van der Waals surface area contributed by atoms with E-state index in [2.05, 4.69) is 17.6 Å². The zero-order valence-electron chi connectivity index (χ0n) is 13.1. The van der Waals surface area contributed by atoms with Crippen LogP contribution in [0.3, 0.4) is 0 Å². The van der Waals surface area contributed by atoms with Gasteiger partial charge in [-0.2, -0.15) is 0 Å². The molecule has 0 aromatic heterocycles. The zero-order chi connectivity index (χ0) is 16.8. The number of nitro groups is 1. The fourth-order valence-electron chi connectivity index (χ4n) is 2.81. The van der Waals surface area contributed by atoms with Crippen molar-refractivity contribution in [2.24, 2.45) is 5.92 Å². The molecule has 1 aromatic rings. The van der Waals surface area contributed by atoms with Gasteiger partial charge >= 0.3 is 0 Å². The number of rotatable bonds is 5. The molecule has 0 radical (unpaired) electrons. The highest BCUT2D eigenvalue weighted by Gasteiger charge is 2.22. The lowest BCUT2D eigenvalue weighted by atomic mass is 9.86. The fourth-order valence-corrected chi connectivity index (χ4v) is 2.81. The minimum Gasteiger partial charge on any atom is -0.352 e. The third-order valence-corrected chi connectivity index (χ3v) is 4.19. The van der Waals surface area contributed by atoms with Crippen molar-refractivity contribution in [2.75, 3.05) is 6.54 Å². The molecule has 0 spiro atoms. The Labute approximate surface area is 134 Å². The Morgan fingerprint density at radius 1 is 1.30 bits per heavy atom. The van der Waals surface area contributed by atoms with Gasteiger partial charge in [-0.3, -0.25) is 19.7 Å². The zero-order valence-corrected chi connectivity index (χ0v) is 13.1. The van der Waals surface area contributed by atoms with Crippen LogP contribution in [0.15, 0.2) is 24.3 Å². The van der Waals surface area contributed by atoms with Gasteiger partial charge < -0.3 is 10.6 Å². The van der Waals surface area contributed by atoms with Crippen molar-refractivity contribution in [1.82, 2.24) is 10.6 Å². The lowest BCUT2D eigenvalue weighted by Gasteiger charge is -2.29. The van der Waals surface area contributed by atoms with Crippen molar-refractivity contribution in [3.05, 3.63) is 39.9 Å². The Bertz CT molecular complexity index is 603. The average molecular weight is 319 g/mol. The molecule has 2 atom stereocenters. The molecule has 0 unspecified atom stereocenters. The van der Waals surface area contributed by atoms with E-state index in [0.717, 1.165) is 19.3 Å². The summed E-state index contributed by atoms with van der Waals surface area (Å²) in [6, 6.07) is 5.58. The summed E-state index contributed by atoms with van der Waals surface area (Å²) in [7, 11) is 0. The van der Waals surface area contributed by atoms with Crippen LogP contribution in [0.25, 0.3) is 0 Å². The van der Waals surface area contributed by atoms with Gasteiger partial charge in [-0.15, -0.1) is 0 Å². The Morgan fingerprint density at radius 2 is 2.04 bits per heavy atom. The van der Waals surface area contributed by atoms with Crippen LogP contribution >= 0.6 is 0 Å². The highest BCUT2D eigenvalue weighted by molar-refractivity contribution is 5.96. The summed E-state index contributed by atoms with van der Waals surface area (Å²) in [5.41, 5.74) is 0.0103. The monoisotopic (exact) mass is 319 g/mol. The van der Waals surface area contributed by atoms with Crippen molar-refractivity contribution in [1.29, 1.82) is 0 Å². The van der Waals surface area contributed by atoms with Gasteiger partial charge in [0, 0.05) is 23.7 Å². The van der Waals surface area contributed by atoms with Crippen LogP contribution in [0.5, 0.6) is 0 Å². The van der Waals surface area contributed by atoms with Crippen LogP contribution in [0.4, 0.5) is 5.69 Å². The Balaban J connectivity index is 1.85. The molecule has 23 heavy (non-hydrogen) atoms. The van der Waals surface area contributed by atoms with E-state index in [1.165, 1.54) is 30.7 Å². The second kappa shape index (κ2) is 7.71. The van der Waals surface area contributed by atoms with Crippen molar-refractivity contribution in [3.63, 3.8) is 0 Å². The Kier molecular flexibility index (Phi) is 5.67. The van der Waals surface area contributed by atoms with Gasteiger partial charge in [0.25, 0.3) is 11.6 Å². The lowest BCUT2D eigenvalue weighted by Crippen LogP contribution is -2.45. The van der Waals surface area contributed by atoms with Crippen molar-refractivity contribution in [2.45, 2.75) is 38.6 Å². The SMILES string of the molecule is C[C@H]1CCCC[C@@H]1NC(=O)CNC(=O)c1cccc([N+](=O)[O-])c1. The van der Waals surface area contributed by atoms with E-state index in [-0.39, 0.29) is 29.7 Å². The largest absolute Gasteiger partial charge is 0.352 e. The first-order valence-electron chi connectivity index (χ1n) is 7.79. The molecular weight excluding hydrogens is 298 g/mol. The topological polar surface area (TPSA) is 101 Å². The normalized spacial score (nSPS) is 20.6. The molecule has 0 heterocycles. The van der Waals surface area contributed by atoms with Gasteiger partial charge in [0.2, 0.25) is 5.91 Å². The summed E-state index contributed by atoms with van der Waals surface area (Å²) in [5.74, 6) is -0.289. The number of non-ortho nitro benzene ring substituents is 1. The first-order chi connectivity index (χ1) is 11.0. The predicted octanol–water partition coefficient (Wildman–Crippen LogP) is 2.02. The van der Waals surface area contributed by atoms with Gasteiger partial charge in [0.05, 0.1) is 11.5 Å². The predicted molar refractivity (Wildman–Crippen MR) is 85.0 cm³/mol. The summed E-state index contributed by atoms with van der Waals surface area (Å²) in [6.07, 6.45) is 4.36. The van der Waals surface area contributed by atoms with Crippen LogP contribution in [0, 0.1) is 16.0 Å².